The average Bonchev–Trinajstić information content (AvgIpc) is 3.33. The summed E-state index contributed by atoms with van der Waals surface area (Å²) in [6.07, 6.45) is 2.16. The van der Waals surface area contributed by atoms with Crippen LogP contribution in [-0.2, 0) is 6.54 Å². The molecule has 0 aliphatic carbocycles. The van der Waals surface area contributed by atoms with E-state index in [1.54, 1.807) is 29.5 Å². The number of nitrogens with zero attached hydrogens (tertiary/aromatic N) is 3. The Morgan fingerprint density at radius 1 is 1.27 bits per heavy atom. The van der Waals surface area contributed by atoms with Gasteiger partial charge in [-0.15, -0.1) is 11.3 Å². The van der Waals surface area contributed by atoms with Crippen molar-refractivity contribution in [1.82, 2.24) is 15.0 Å². The van der Waals surface area contributed by atoms with E-state index in [-0.39, 0.29) is 5.82 Å². The molecule has 0 N–H and O–H groups in total. The molecule has 7 heteroatoms. The number of benzene rings is 1. The van der Waals surface area contributed by atoms with Crippen molar-refractivity contribution in [3.8, 4) is 16.5 Å². The summed E-state index contributed by atoms with van der Waals surface area (Å²) < 4.78 is 24.7. The van der Waals surface area contributed by atoms with Crippen molar-refractivity contribution in [3.63, 3.8) is 0 Å². The molecule has 1 fully saturated rings. The van der Waals surface area contributed by atoms with Crippen molar-refractivity contribution >= 4 is 11.3 Å². The minimum Gasteiger partial charge on any atom is -0.490 e. The Morgan fingerprint density at radius 3 is 3.04 bits per heavy atom. The maximum absolute atomic E-state index is 13.7. The summed E-state index contributed by atoms with van der Waals surface area (Å²) in [6.45, 7) is 3.02. The van der Waals surface area contributed by atoms with Crippen molar-refractivity contribution in [2.45, 2.75) is 19.4 Å². The monoisotopic (exact) mass is 373 g/mol. The predicted octanol–water partition coefficient (Wildman–Crippen LogP) is 4.23. The summed E-state index contributed by atoms with van der Waals surface area (Å²) >= 11 is 1.60. The quantitative estimate of drug-likeness (QED) is 0.647. The lowest BCUT2D eigenvalue weighted by molar-refractivity contribution is 0.113. The zero-order chi connectivity index (χ0) is 17.8. The number of para-hydroxylation sites is 1. The maximum atomic E-state index is 13.7. The molecule has 0 bridgehead atoms. The molecule has 1 aliphatic heterocycles. The smallest absolute Gasteiger partial charge is 0.241 e. The SMILES string of the molecule is Fc1ccccc1OCC1CCCN(Cc2nc(-c3cccs3)no2)C1. The number of rotatable bonds is 6. The van der Waals surface area contributed by atoms with Gasteiger partial charge < -0.3 is 9.26 Å². The molecule has 5 nitrogen and oxygen atoms in total. The van der Waals surface area contributed by atoms with E-state index < -0.39 is 0 Å². The Bertz CT molecular complexity index is 837. The number of likely N-dealkylation sites (tertiary alicyclic amines) is 1. The lowest BCUT2D eigenvalue weighted by Gasteiger charge is -2.31. The highest BCUT2D eigenvalue weighted by Gasteiger charge is 2.23. The van der Waals surface area contributed by atoms with Crippen molar-refractivity contribution in [1.29, 1.82) is 0 Å². The van der Waals surface area contributed by atoms with E-state index in [1.807, 2.05) is 17.5 Å². The molecule has 0 saturated carbocycles. The molecule has 0 amide bonds. The first-order valence-electron chi connectivity index (χ1n) is 8.74. The van der Waals surface area contributed by atoms with Crippen LogP contribution in [0.3, 0.4) is 0 Å². The Labute approximate surface area is 155 Å². The molecule has 1 saturated heterocycles. The van der Waals surface area contributed by atoms with Crippen LogP contribution in [0.5, 0.6) is 5.75 Å². The Balaban J connectivity index is 1.32. The zero-order valence-electron chi connectivity index (χ0n) is 14.3. The fraction of sp³-hybridized carbons (Fsp3) is 0.368. The fourth-order valence-electron chi connectivity index (χ4n) is 3.22. The molecule has 3 aromatic rings. The van der Waals surface area contributed by atoms with Gasteiger partial charge in [-0.25, -0.2) is 4.39 Å². The van der Waals surface area contributed by atoms with E-state index >= 15 is 0 Å². The Morgan fingerprint density at radius 2 is 2.19 bits per heavy atom. The number of hydrogen-bond acceptors (Lipinski definition) is 6. The van der Waals surface area contributed by atoms with Crippen LogP contribution in [0.25, 0.3) is 10.7 Å². The van der Waals surface area contributed by atoms with Crippen molar-refractivity contribution in [2.24, 2.45) is 5.92 Å². The largest absolute Gasteiger partial charge is 0.490 e. The van der Waals surface area contributed by atoms with Crippen LogP contribution in [0, 0.1) is 11.7 Å². The molecule has 3 heterocycles. The number of halogens is 1. The number of piperidine rings is 1. The topological polar surface area (TPSA) is 51.4 Å². The minimum absolute atomic E-state index is 0.313. The first kappa shape index (κ1) is 17.2. The normalized spacial score (nSPS) is 18.1. The summed E-state index contributed by atoms with van der Waals surface area (Å²) in [5, 5.41) is 6.06. The van der Waals surface area contributed by atoms with E-state index in [4.69, 9.17) is 9.26 Å². The molecule has 136 valence electrons. The number of aromatic nitrogens is 2. The van der Waals surface area contributed by atoms with Crippen LogP contribution < -0.4 is 4.74 Å². The molecule has 4 rings (SSSR count). The Kier molecular flexibility index (Phi) is 5.26. The van der Waals surface area contributed by atoms with Crippen molar-refractivity contribution < 1.29 is 13.7 Å². The van der Waals surface area contributed by atoms with Gasteiger partial charge in [0.25, 0.3) is 0 Å². The van der Waals surface area contributed by atoms with Crippen LogP contribution in [0.4, 0.5) is 4.39 Å². The minimum atomic E-state index is -0.313. The second-order valence-electron chi connectivity index (χ2n) is 6.47. The molecule has 2 aromatic heterocycles. The number of ether oxygens (including phenoxy) is 1. The molecular formula is C19H20FN3O2S. The van der Waals surface area contributed by atoms with Gasteiger partial charge in [0.15, 0.2) is 11.6 Å². The summed E-state index contributed by atoms with van der Waals surface area (Å²) in [6, 6.07) is 10.5. The zero-order valence-corrected chi connectivity index (χ0v) is 15.1. The van der Waals surface area contributed by atoms with Gasteiger partial charge in [0.1, 0.15) is 0 Å². The molecule has 1 aromatic carbocycles. The van der Waals surface area contributed by atoms with E-state index in [0.717, 1.165) is 30.8 Å². The second-order valence-corrected chi connectivity index (χ2v) is 7.42. The van der Waals surface area contributed by atoms with Gasteiger partial charge in [-0.3, -0.25) is 4.90 Å². The van der Waals surface area contributed by atoms with Crippen LogP contribution in [0.1, 0.15) is 18.7 Å². The third-order valence-electron chi connectivity index (χ3n) is 4.48. The number of thiophene rings is 1. The van der Waals surface area contributed by atoms with Crippen molar-refractivity contribution in [2.75, 3.05) is 19.7 Å². The third-order valence-corrected chi connectivity index (χ3v) is 5.35. The van der Waals surface area contributed by atoms with Crippen LogP contribution in [0.2, 0.25) is 0 Å². The molecule has 26 heavy (non-hydrogen) atoms. The summed E-state index contributed by atoms with van der Waals surface area (Å²) in [5.74, 6) is 1.65. The van der Waals surface area contributed by atoms with Gasteiger partial charge in [0.2, 0.25) is 11.7 Å². The molecule has 0 spiro atoms. The van der Waals surface area contributed by atoms with Gasteiger partial charge in [-0.05, 0) is 43.0 Å². The highest BCUT2D eigenvalue weighted by atomic mass is 32.1. The predicted molar refractivity (Wildman–Crippen MR) is 97.5 cm³/mol. The van der Waals surface area contributed by atoms with E-state index in [2.05, 4.69) is 15.0 Å². The lowest BCUT2D eigenvalue weighted by atomic mass is 9.99. The summed E-state index contributed by atoms with van der Waals surface area (Å²) in [4.78, 5) is 7.79. The summed E-state index contributed by atoms with van der Waals surface area (Å²) in [5.41, 5.74) is 0. The Hall–Kier alpha value is -2.25. The standard InChI is InChI=1S/C19H20FN3O2S/c20-15-6-1-2-7-16(15)24-13-14-5-3-9-23(11-14)12-18-21-19(22-25-18)17-8-4-10-26-17/h1-2,4,6-8,10,14H,3,5,9,11-13H2. The molecule has 1 atom stereocenters. The molecule has 0 radical (unpaired) electrons. The van der Waals surface area contributed by atoms with Crippen molar-refractivity contribution in [3.05, 3.63) is 53.5 Å². The highest BCUT2D eigenvalue weighted by molar-refractivity contribution is 7.13. The van der Waals surface area contributed by atoms with E-state index in [0.29, 0.717) is 36.5 Å². The summed E-state index contributed by atoms with van der Waals surface area (Å²) in [7, 11) is 0. The fourth-order valence-corrected chi connectivity index (χ4v) is 3.87. The number of hydrogen-bond donors (Lipinski definition) is 0. The van der Waals surface area contributed by atoms with Crippen LogP contribution in [-0.4, -0.2) is 34.7 Å². The van der Waals surface area contributed by atoms with E-state index in [9.17, 15) is 4.39 Å². The molecule has 1 unspecified atom stereocenters. The van der Waals surface area contributed by atoms with E-state index in [1.165, 1.54) is 6.07 Å². The van der Waals surface area contributed by atoms with Gasteiger partial charge in [-0.1, -0.05) is 23.4 Å². The lowest BCUT2D eigenvalue weighted by Crippen LogP contribution is -2.37. The van der Waals surface area contributed by atoms with Crippen LogP contribution >= 0.6 is 11.3 Å². The van der Waals surface area contributed by atoms with Gasteiger partial charge in [0.05, 0.1) is 18.0 Å². The van der Waals surface area contributed by atoms with Gasteiger partial charge in [0, 0.05) is 12.5 Å². The third kappa shape index (κ3) is 4.11. The first-order valence-corrected chi connectivity index (χ1v) is 9.62. The van der Waals surface area contributed by atoms with Gasteiger partial charge >= 0.3 is 0 Å². The second kappa shape index (κ2) is 7.97. The highest BCUT2D eigenvalue weighted by Crippen LogP contribution is 2.24. The molecular weight excluding hydrogens is 353 g/mol. The average molecular weight is 373 g/mol. The maximum Gasteiger partial charge on any atom is 0.241 e. The van der Waals surface area contributed by atoms with Crippen LogP contribution in [0.15, 0.2) is 46.3 Å². The first-order chi connectivity index (χ1) is 12.8. The molecule has 1 aliphatic rings. The van der Waals surface area contributed by atoms with Gasteiger partial charge in [-0.2, -0.15) is 4.98 Å².